The SMILES string of the molecule is O=C(CCC(F)(F)C(F)(F)S(=O)(=O)O)OC1C2CC3CC(C2)C(=O)OC1C3. The summed E-state index contributed by atoms with van der Waals surface area (Å²) >= 11 is 0. The van der Waals surface area contributed by atoms with E-state index in [0.29, 0.717) is 25.7 Å². The maximum Gasteiger partial charge on any atom is 0.431 e. The minimum Gasteiger partial charge on any atom is -0.458 e. The number of carbonyl (C=O) groups excluding carboxylic acids is 2. The molecule has 12 heteroatoms. The Kier molecular flexibility index (Phi) is 4.94. The number of carbonyl (C=O) groups is 2. The van der Waals surface area contributed by atoms with Gasteiger partial charge in [-0.25, -0.2) is 0 Å². The molecule has 2 heterocycles. The van der Waals surface area contributed by atoms with Crippen molar-refractivity contribution >= 4 is 22.1 Å². The van der Waals surface area contributed by atoms with Crippen molar-refractivity contribution in [3.05, 3.63) is 0 Å². The molecule has 0 aromatic rings. The molecule has 2 aliphatic carbocycles. The molecule has 154 valence electrons. The van der Waals surface area contributed by atoms with Crippen LogP contribution in [0.1, 0.15) is 38.5 Å². The summed E-state index contributed by atoms with van der Waals surface area (Å²) in [6.07, 6.45) is -2.23. The van der Waals surface area contributed by atoms with Crippen molar-refractivity contribution in [2.75, 3.05) is 0 Å². The molecule has 2 saturated carbocycles. The highest BCUT2D eigenvalue weighted by Gasteiger charge is 2.65. The van der Waals surface area contributed by atoms with Gasteiger partial charge in [0, 0.05) is 12.3 Å². The number of ether oxygens (including phenoxy) is 2. The Morgan fingerprint density at radius 3 is 2.48 bits per heavy atom. The molecule has 4 fully saturated rings. The molecule has 0 spiro atoms. The van der Waals surface area contributed by atoms with Gasteiger partial charge >= 0.3 is 33.2 Å². The summed E-state index contributed by atoms with van der Waals surface area (Å²) in [6.45, 7) is 0. The lowest BCUT2D eigenvalue weighted by molar-refractivity contribution is -0.181. The Morgan fingerprint density at radius 2 is 1.85 bits per heavy atom. The second-order valence-corrected chi connectivity index (χ2v) is 8.85. The summed E-state index contributed by atoms with van der Waals surface area (Å²) in [7, 11) is -6.35. The zero-order valence-electron chi connectivity index (χ0n) is 13.9. The number of hydrogen-bond donors (Lipinski definition) is 1. The topological polar surface area (TPSA) is 107 Å². The molecule has 0 amide bonds. The first-order valence-electron chi connectivity index (χ1n) is 8.44. The molecule has 4 aliphatic rings. The highest BCUT2D eigenvalue weighted by Crippen LogP contribution is 2.48. The maximum atomic E-state index is 13.5. The van der Waals surface area contributed by atoms with Crippen LogP contribution in [0.2, 0.25) is 0 Å². The van der Waals surface area contributed by atoms with Crippen molar-refractivity contribution in [2.24, 2.45) is 17.8 Å². The minimum atomic E-state index is -6.35. The second kappa shape index (κ2) is 6.57. The summed E-state index contributed by atoms with van der Waals surface area (Å²) in [5.74, 6) is -6.99. The normalized spacial score (nSPS) is 33.5. The van der Waals surface area contributed by atoms with Crippen molar-refractivity contribution in [3.63, 3.8) is 0 Å². The Bertz CT molecular complexity index is 738. The van der Waals surface area contributed by atoms with Crippen molar-refractivity contribution in [3.8, 4) is 0 Å². The average Bonchev–Trinajstić information content (AvgIpc) is 2.70. The molecular formula is C15H18F4O7S. The van der Waals surface area contributed by atoms with Crippen molar-refractivity contribution in [2.45, 2.75) is 61.9 Å². The number of fused-ring (bicyclic) bond motifs is 1. The highest BCUT2D eigenvalue weighted by molar-refractivity contribution is 7.87. The molecule has 4 rings (SSSR count). The number of rotatable bonds is 6. The molecule has 0 aromatic carbocycles. The largest absolute Gasteiger partial charge is 0.458 e. The van der Waals surface area contributed by atoms with E-state index in [0.717, 1.165) is 0 Å². The Hall–Kier alpha value is -1.43. The lowest BCUT2D eigenvalue weighted by Gasteiger charge is -2.41. The molecule has 2 saturated heterocycles. The highest BCUT2D eigenvalue weighted by atomic mass is 32.2. The fourth-order valence-corrected chi connectivity index (χ4v) is 4.72. The Morgan fingerprint density at radius 1 is 1.19 bits per heavy atom. The first-order chi connectivity index (χ1) is 12.3. The van der Waals surface area contributed by atoms with Gasteiger partial charge in [-0.05, 0) is 31.6 Å². The van der Waals surface area contributed by atoms with Crippen LogP contribution in [-0.4, -0.2) is 48.3 Å². The van der Waals surface area contributed by atoms with Crippen molar-refractivity contribution in [1.29, 1.82) is 0 Å². The first-order valence-corrected chi connectivity index (χ1v) is 9.88. The van der Waals surface area contributed by atoms with Crippen LogP contribution in [0.25, 0.3) is 0 Å². The number of halogens is 4. The van der Waals surface area contributed by atoms with Gasteiger partial charge in [-0.15, -0.1) is 0 Å². The molecule has 5 unspecified atom stereocenters. The standard InChI is InChI=1S/C15H18F4O7S/c16-14(17,15(18,19)27(22,23)24)2-1-11(20)26-12-8-3-7-4-9(6-8)13(21)25-10(12)5-7/h7-10,12H,1-6H2,(H,22,23,24). The van der Waals surface area contributed by atoms with Gasteiger partial charge in [-0.3, -0.25) is 14.1 Å². The van der Waals surface area contributed by atoms with Crippen LogP contribution in [0, 0.1) is 17.8 Å². The Labute approximate surface area is 152 Å². The molecular weight excluding hydrogens is 400 g/mol. The van der Waals surface area contributed by atoms with E-state index < -0.39 is 52.3 Å². The third kappa shape index (κ3) is 3.65. The third-order valence-electron chi connectivity index (χ3n) is 5.50. The molecule has 2 aliphatic heterocycles. The van der Waals surface area contributed by atoms with Crippen LogP contribution in [0.4, 0.5) is 17.6 Å². The first kappa shape index (κ1) is 20.3. The monoisotopic (exact) mass is 418 g/mol. The van der Waals surface area contributed by atoms with Gasteiger partial charge < -0.3 is 9.47 Å². The number of hydrogen-bond acceptors (Lipinski definition) is 6. The fraction of sp³-hybridized carbons (Fsp3) is 0.867. The van der Waals surface area contributed by atoms with Crippen LogP contribution in [-0.2, 0) is 29.2 Å². The van der Waals surface area contributed by atoms with Gasteiger partial charge in [0.25, 0.3) is 0 Å². The van der Waals surface area contributed by atoms with Gasteiger partial charge in [0.2, 0.25) is 0 Å². The van der Waals surface area contributed by atoms with Crippen LogP contribution < -0.4 is 0 Å². The van der Waals surface area contributed by atoms with E-state index in [1.54, 1.807) is 0 Å². The average molecular weight is 418 g/mol. The van der Waals surface area contributed by atoms with E-state index in [2.05, 4.69) is 0 Å². The Balaban J connectivity index is 1.62. The lowest BCUT2D eigenvalue weighted by atomic mass is 9.67. The summed E-state index contributed by atoms with van der Waals surface area (Å²) in [5, 5.41) is -5.73. The molecule has 0 radical (unpaired) electrons. The molecule has 1 N–H and O–H groups in total. The van der Waals surface area contributed by atoms with Gasteiger partial charge in [0.05, 0.1) is 12.3 Å². The zero-order valence-corrected chi connectivity index (χ0v) is 14.8. The second-order valence-electron chi connectivity index (χ2n) is 7.39. The van der Waals surface area contributed by atoms with E-state index in [-0.39, 0.29) is 23.7 Å². The smallest absolute Gasteiger partial charge is 0.431 e. The van der Waals surface area contributed by atoms with E-state index >= 15 is 0 Å². The van der Waals surface area contributed by atoms with Crippen molar-refractivity contribution in [1.82, 2.24) is 0 Å². The summed E-state index contributed by atoms with van der Waals surface area (Å²) in [4.78, 5) is 23.8. The maximum absolute atomic E-state index is 13.5. The predicted octanol–water partition coefficient (Wildman–Crippen LogP) is 2.16. The summed E-state index contributed by atoms with van der Waals surface area (Å²) in [5.41, 5.74) is 0. The van der Waals surface area contributed by atoms with Crippen molar-refractivity contribution < 1.29 is 49.6 Å². The van der Waals surface area contributed by atoms with Gasteiger partial charge in [0.1, 0.15) is 12.2 Å². The third-order valence-corrected chi connectivity index (χ3v) is 6.45. The number of esters is 2. The van der Waals surface area contributed by atoms with Crippen LogP contribution in [0.5, 0.6) is 0 Å². The minimum absolute atomic E-state index is 0.178. The molecule has 0 aromatic heterocycles. The fourth-order valence-electron chi connectivity index (χ4n) is 4.24. The van der Waals surface area contributed by atoms with Crippen LogP contribution in [0.3, 0.4) is 0 Å². The van der Waals surface area contributed by atoms with Gasteiger partial charge in [0.15, 0.2) is 0 Å². The van der Waals surface area contributed by atoms with Crippen LogP contribution >= 0.6 is 0 Å². The predicted molar refractivity (Wildman–Crippen MR) is 79.4 cm³/mol. The molecule has 27 heavy (non-hydrogen) atoms. The molecule has 4 bridgehead atoms. The summed E-state index contributed by atoms with van der Waals surface area (Å²) < 4.78 is 92.9. The molecule has 5 atom stereocenters. The van der Waals surface area contributed by atoms with Crippen LogP contribution in [0.15, 0.2) is 0 Å². The van der Waals surface area contributed by atoms with E-state index in [1.807, 2.05) is 0 Å². The zero-order chi connectivity index (χ0) is 20.2. The van der Waals surface area contributed by atoms with Gasteiger partial charge in [-0.1, -0.05) is 0 Å². The molecule has 7 nitrogen and oxygen atoms in total. The van der Waals surface area contributed by atoms with E-state index in [9.17, 15) is 35.6 Å². The number of alkyl halides is 4. The van der Waals surface area contributed by atoms with E-state index in [1.165, 1.54) is 0 Å². The summed E-state index contributed by atoms with van der Waals surface area (Å²) in [6, 6.07) is 0. The quantitative estimate of drug-likeness (QED) is 0.400. The van der Waals surface area contributed by atoms with Gasteiger partial charge in [-0.2, -0.15) is 26.0 Å². The van der Waals surface area contributed by atoms with E-state index in [4.69, 9.17) is 14.0 Å². The lowest BCUT2D eigenvalue weighted by Crippen LogP contribution is -2.47.